The Labute approximate surface area is 173 Å². The van der Waals surface area contributed by atoms with Gasteiger partial charge in [0.2, 0.25) is 5.91 Å². The van der Waals surface area contributed by atoms with Crippen LogP contribution >= 0.6 is 11.6 Å². The number of amides is 1. The molecule has 1 amide bonds. The first kappa shape index (κ1) is 19.2. The lowest BCUT2D eigenvalue weighted by Gasteiger charge is -2.08. The molecule has 0 bridgehead atoms. The third-order valence-corrected chi connectivity index (χ3v) is 5.04. The Balaban J connectivity index is 1.58. The van der Waals surface area contributed by atoms with Crippen LogP contribution in [0.3, 0.4) is 0 Å². The number of hydrogen-bond donors (Lipinski definition) is 1. The molecule has 2 heterocycles. The van der Waals surface area contributed by atoms with Gasteiger partial charge >= 0.3 is 0 Å². The fraction of sp³-hybridized carbons (Fsp3) is 0.130. The van der Waals surface area contributed by atoms with Crippen molar-refractivity contribution in [1.29, 1.82) is 0 Å². The van der Waals surface area contributed by atoms with E-state index in [0.717, 1.165) is 22.6 Å². The summed E-state index contributed by atoms with van der Waals surface area (Å²) >= 11 is 6.01. The summed E-state index contributed by atoms with van der Waals surface area (Å²) in [6.07, 6.45) is 2.67. The molecule has 1 N–H and O–H groups in total. The third kappa shape index (κ3) is 4.15. The SMILES string of the molecule is Cc1ccc(NC(=O)CCc2c(-c3ccc(Cl)cc3)nc3ccccn23)cc1F. The summed E-state index contributed by atoms with van der Waals surface area (Å²) in [5.41, 5.74) is 4.51. The van der Waals surface area contributed by atoms with Gasteiger partial charge in [-0.15, -0.1) is 0 Å². The molecular formula is C23H19ClFN3O. The Hall–Kier alpha value is -3.18. The van der Waals surface area contributed by atoms with Crippen LogP contribution in [0.25, 0.3) is 16.9 Å². The van der Waals surface area contributed by atoms with Crippen LogP contribution in [-0.2, 0) is 11.2 Å². The fourth-order valence-electron chi connectivity index (χ4n) is 3.25. The van der Waals surface area contributed by atoms with Crippen molar-refractivity contribution in [2.24, 2.45) is 0 Å². The minimum atomic E-state index is -0.338. The average molecular weight is 408 g/mol. The summed E-state index contributed by atoms with van der Waals surface area (Å²) in [5.74, 6) is -0.518. The van der Waals surface area contributed by atoms with E-state index in [0.29, 0.717) is 22.7 Å². The monoisotopic (exact) mass is 407 g/mol. The van der Waals surface area contributed by atoms with Crippen molar-refractivity contribution in [1.82, 2.24) is 9.38 Å². The van der Waals surface area contributed by atoms with Crippen LogP contribution in [0.4, 0.5) is 10.1 Å². The summed E-state index contributed by atoms with van der Waals surface area (Å²) in [6, 6.07) is 17.9. The van der Waals surface area contributed by atoms with Crippen molar-refractivity contribution in [2.45, 2.75) is 19.8 Å². The number of fused-ring (bicyclic) bond motifs is 1. The van der Waals surface area contributed by atoms with E-state index in [1.165, 1.54) is 6.07 Å². The molecule has 0 aliphatic rings. The Kier molecular flexibility index (Phi) is 5.32. The van der Waals surface area contributed by atoms with Gasteiger partial charge in [-0.3, -0.25) is 4.79 Å². The standard InChI is InChI=1S/C23H19ClFN3O/c1-15-5-10-18(14-19(15)25)26-22(29)12-11-20-23(16-6-8-17(24)9-7-16)27-21-4-2-3-13-28(20)21/h2-10,13-14H,11-12H2,1H3,(H,26,29). The minimum absolute atomic E-state index is 0.179. The minimum Gasteiger partial charge on any atom is -0.326 e. The van der Waals surface area contributed by atoms with E-state index in [1.54, 1.807) is 19.1 Å². The molecule has 0 saturated carbocycles. The maximum Gasteiger partial charge on any atom is 0.224 e. The van der Waals surface area contributed by atoms with E-state index in [4.69, 9.17) is 16.6 Å². The molecule has 4 aromatic rings. The number of nitrogens with zero attached hydrogens (tertiary/aromatic N) is 2. The largest absolute Gasteiger partial charge is 0.326 e. The maximum atomic E-state index is 13.7. The Morgan fingerprint density at radius 2 is 1.93 bits per heavy atom. The number of benzene rings is 2. The van der Waals surface area contributed by atoms with E-state index in [9.17, 15) is 9.18 Å². The lowest BCUT2D eigenvalue weighted by Crippen LogP contribution is -2.13. The second-order valence-electron chi connectivity index (χ2n) is 6.85. The summed E-state index contributed by atoms with van der Waals surface area (Å²) in [6.45, 7) is 1.68. The second-order valence-corrected chi connectivity index (χ2v) is 7.29. The number of anilines is 1. The van der Waals surface area contributed by atoms with Crippen molar-refractivity contribution >= 4 is 28.8 Å². The van der Waals surface area contributed by atoms with Gasteiger partial charge in [0.25, 0.3) is 0 Å². The van der Waals surface area contributed by atoms with Crippen LogP contribution in [0.5, 0.6) is 0 Å². The molecular weight excluding hydrogens is 389 g/mol. The topological polar surface area (TPSA) is 46.4 Å². The average Bonchev–Trinajstić information content (AvgIpc) is 3.08. The molecule has 2 aromatic carbocycles. The number of carbonyl (C=O) groups is 1. The Morgan fingerprint density at radius 1 is 1.14 bits per heavy atom. The maximum absolute atomic E-state index is 13.7. The lowest BCUT2D eigenvalue weighted by atomic mass is 10.1. The highest BCUT2D eigenvalue weighted by Crippen LogP contribution is 2.27. The number of aryl methyl sites for hydroxylation is 2. The number of pyridine rings is 1. The number of aromatic nitrogens is 2. The molecule has 0 saturated heterocycles. The van der Waals surface area contributed by atoms with Crippen LogP contribution in [0.15, 0.2) is 66.9 Å². The molecule has 0 radical (unpaired) electrons. The molecule has 4 nitrogen and oxygen atoms in total. The molecule has 2 aromatic heterocycles. The summed E-state index contributed by atoms with van der Waals surface area (Å²) in [5, 5.41) is 3.42. The highest BCUT2D eigenvalue weighted by Gasteiger charge is 2.15. The third-order valence-electron chi connectivity index (χ3n) is 4.79. The Morgan fingerprint density at radius 3 is 2.69 bits per heavy atom. The predicted molar refractivity (Wildman–Crippen MR) is 114 cm³/mol. The zero-order valence-electron chi connectivity index (χ0n) is 15.8. The highest BCUT2D eigenvalue weighted by molar-refractivity contribution is 6.30. The predicted octanol–water partition coefficient (Wildman–Crippen LogP) is 5.67. The van der Waals surface area contributed by atoms with Crippen LogP contribution in [0, 0.1) is 12.7 Å². The smallest absolute Gasteiger partial charge is 0.224 e. The first-order valence-corrected chi connectivity index (χ1v) is 9.67. The number of carbonyl (C=O) groups excluding carboxylic acids is 1. The molecule has 0 unspecified atom stereocenters. The molecule has 6 heteroatoms. The van der Waals surface area contributed by atoms with Crippen molar-refractivity contribution in [3.63, 3.8) is 0 Å². The molecule has 29 heavy (non-hydrogen) atoms. The van der Waals surface area contributed by atoms with Crippen LogP contribution < -0.4 is 5.32 Å². The summed E-state index contributed by atoms with van der Waals surface area (Å²) in [4.78, 5) is 17.2. The van der Waals surface area contributed by atoms with Gasteiger partial charge in [0, 0.05) is 28.9 Å². The molecule has 0 fully saturated rings. The second kappa shape index (κ2) is 8.05. The van der Waals surface area contributed by atoms with Gasteiger partial charge < -0.3 is 9.72 Å². The zero-order chi connectivity index (χ0) is 20.4. The van der Waals surface area contributed by atoms with Gasteiger partial charge in [-0.25, -0.2) is 9.37 Å². The molecule has 0 aliphatic heterocycles. The summed E-state index contributed by atoms with van der Waals surface area (Å²) in [7, 11) is 0. The normalized spacial score (nSPS) is 11.0. The number of rotatable bonds is 5. The van der Waals surface area contributed by atoms with E-state index in [1.807, 2.05) is 53.1 Å². The van der Waals surface area contributed by atoms with Crippen molar-refractivity contribution in [3.05, 3.63) is 89.0 Å². The quantitative estimate of drug-likeness (QED) is 0.463. The molecule has 0 aliphatic carbocycles. The van der Waals surface area contributed by atoms with Gasteiger partial charge in [0.1, 0.15) is 11.5 Å². The van der Waals surface area contributed by atoms with Crippen molar-refractivity contribution in [2.75, 3.05) is 5.32 Å². The van der Waals surface area contributed by atoms with Gasteiger partial charge in [0.15, 0.2) is 0 Å². The Bertz CT molecular complexity index is 1180. The first-order chi connectivity index (χ1) is 14.0. The van der Waals surface area contributed by atoms with Gasteiger partial charge in [-0.05, 0) is 55.3 Å². The number of halogens is 2. The van der Waals surface area contributed by atoms with Gasteiger partial charge in [-0.1, -0.05) is 35.9 Å². The number of hydrogen-bond acceptors (Lipinski definition) is 2. The van der Waals surface area contributed by atoms with Crippen LogP contribution in [0.2, 0.25) is 5.02 Å². The molecule has 0 spiro atoms. The van der Waals surface area contributed by atoms with E-state index in [-0.39, 0.29) is 18.1 Å². The van der Waals surface area contributed by atoms with Gasteiger partial charge in [-0.2, -0.15) is 0 Å². The van der Waals surface area contributed by atoms with E-state index < -0.39 is 0 Å². The van der Waals surface area contributed by atoms with Crippen LogP contribution in [0.1, 0.15) is 17.7 Å². The van der Waals surface area contributed by atoms with E-state index >= 15 is 0 Å². The number of imidazole rings is 1. The number of nitrogens with one attached hydrogen (secondary N) is 1. The first-order valence-electron chi connectivity index (χ1n) is 9.29. The lowest BCUT2D eigenvalue weighted by molar-refractivity contribution is -0.116. The summed E-state index contributed by atoms with van der Waals surface area (Å²) < 4.78 is 15.7. The van der Waals surface area contributed by atoms with Crippen molar-refractivity contribution in [3.8, 4) is 11.3 Å². The molecule has 4 rings (SSSR count). The molecule has 146 valence electrons. The van der Waals surface area contributed by atoms with Gasteiger partial charge in [0.05, 0.1) is 11.4 Å². The molecule has 0 atom stereocenters. The zero-order valence-corrected chi connectivity index (χ0v) is 16.6. The highest BCUT2D eigenvalue weighted by atomic mass is 35.5. The van der Waals surface area contributed by atoms with Crippen molar-refractivity contribution < 1.29 is 9.18 Å². The van der Waals surface area contributed by atoms with E-state index in [2.05, 4.69) is 5.32 Å². The fourth-order valence-corrected chi connectivity index (χ4v) is 3.38. The van der Waals surface area contributed by atoms with Crippen LogP contribution in [-0.4, -0.2) is 15.3 Å².